The zero-order valence-corrected chi connectivity index (χ0v) is 16.9. The van der Waals surface area contributed by atoms with Gasteiger partial charge in [0, 0.05) is 24.5 Å². The van der Waals surface area contributed by atoms with Crippen LogP contribution in [0.15, 0.2) is 4.79 Å². The number of likely N-dealkylation sites (tertiary alicyclic amines) is 1. The molecular formula is C20H28N4O2S. The second-order valence-electron chi connectivity index (χ2n) is 7.58. The van der Waals surface area contributed by atoms with Crippen LogP contribution in [0, 0.1) is 0 Å². The number of anilines is 1. The summed E-state index contributed by atoms with van der Waals surface area (Å²) in [6.07, 6.45) is 8.60. The van der Waals surface area contributed by atoms with E-state index in [4.69, 9.17) is 4.98 Å². The summed E-state index contributed by atoms with van der Waals surface area (Å²) in [5.41, 5.74) is 1.27. The fourth-order valence-corrected chi connectivity index (χ4v) is 5.47. The molecule has 2 aromatic heterocycles. The second kappa shape index (κ2) is 8.00. The quantitative estimate of drug-likeness (QED) is 0.854. The molecule has 0 spiro atoms. The number of piperidine rings is 1. The number of hydrogen-bond acceptors (Lipinski definition) is 5. The number of hydrogen-bond donors (Lipinski definition) is 1. The largest absolute Gasteiger partial charge is 0.346 e. The SMILES string of the molecule is CCCn1c(NCC(=O)N2CCCCC2)nc2sc3c(c2c1=O)CCCC3. The average molecular weight is 389 g/mol. The lowest BCUT2D eigenvalue weighted by molar-refractivity contribution is -0.130. The molecule has 146 valence electrons. The third kappa shape index (κ3) is 3.61. The van der Waals surface area contributed by atoms with Crippen molar-refractivity contribution in [2.45, 2.75) is 64.8 Å². The maximum atomic E-state index is 13.2. The van der Waals surface area contributed by atoms with Crippen molar-refractivity contribution in [3.8, 4) is 0 Å². The molecule has 1 amide bonds. The zero-order chi connectivity index (χ0) is 18.8. The molecular weight excluding hydrogens is 360 g/mol. The molecule has 6 nitrogen and oxygen atoms in total. The van der Waals surface area contributed by atoms with Gasteiger partial charge in [-0.25, -0.2) is 4.98 Å². The standard InChI is InChI=1S/C20H28N4O2S/c1-2-10-24-19(26)17-14-8-4-5-9-15(14)27-18(17)22-20(24)21-13-16(25)23-11-6-3-7-12-23/h2-13H2,1H3,(H,21,22). The van der Waals surface area contributed by atoms with E-state index < -0.39 is 0 Å². The van der Waals surface area contributed by atoms with Crippen LogP contribution in [0.4, 0.5) is 5.95 Å². The van der Waals surface area contributed by atoms with E-state index in [1.54, 1.807) is 15.9 Å². The smallest absolute Gasteiger partial charge is 0.263 e. The van der Waals surface area contributed by atoms with Crippen LogP contribution in [-0.4, -0.2) is 40.0 Å². The van der Waals surface area contributed by atoms with Crippen LogP contribution >= 0.6 is 11.3 Å². The van der Waals surface area contributed by atoms with Gasteiger partial charge in [-0.15, -0.1) is 11.3 Å². The third-order valence-corrected chi connectivity index (χ3v) is 6.81. The number of nitrogens with one attached hydrogen (secondary N) is 1. The van der Waals surface area contributed by atoms with E-state index in [1.165, 1.54) is 23.3 Å². The number of fused-ring (bicyclic) bond motifs is 3. The fourth-order valence-electron chi connectivity index (χ4n) is 4.21. The van der Waals surface area contributed by atoms with Crippen LogP contribution in [0.5, 0.6) is 0 Å². The first-order valence-corrected chi connectivity index (χ1v) is 11.1. The van der Waals surface area contributed by atoms with Gasteiger partial charge in [-0.2, -0.15) is 0 Å². The monoisotopic (exact) mass is 388 g/mol. The summed E-state index contributed by atoms with van der Waals surface area (Å²) in [4.78, 5) is 34.6. The number of carbonyl (C=O) groups excluding carboxylic acids is 1. The van der Waals surface area contributed by atoms with E-state index in [0.29, 0.717) is 12.5 Å². The molecule has 27 heavy (non-hydrogen) atoms. The van der Waals surface area contributed by atoms with Crippen LogP contribution in [0.3, 0.4) is 0 Å². The van der Waals surface area contributed by atoms with Crippen molar-refractivity contribution in [3.63, 3.8) is 0 Å². The van der Waals surface area contributed by atoms with Gasteiger partial charge in [0.1, 0.15) is 4.83 Å². The molecule has 4 rings (SSSR count). The number of aryl methyl sites for hydroxylation is 2. The molecule has 0 saturated carbocycles. The Morgan fingerprint density at radius 1 is 1.15 bits per heavy atom. The molecule has 0 bridgehead atoms. The van der Waals surface area contributed by atoms with E-state index in [1.807, 2.05) is 4.90 Å². The minimum Gasteiger partial charge on any atom is -0.346 e. The Balaban J connectivity index is 1.64. The van der Waals surface area contributed by atoms with Crippen LogP contribution in [-0.2, 0) is 24.2 Å². The lowest BCUT2D eigenvalue weighted by Crippen LogP contribution is -2.39. The highest BCUT2D eigenvalue weighted by molar-refractivity contribution is 7.18. The minimum atomic E-state index is 0.0502. The molecule has 0 radical (unpaired) electrons. The molecule has 1 fully saturated rings. The van der Waals surface area contributed by atoms with Crippen molar-refractivity contribution in [1.82, 2.24) is 14.5 Å². The normalized spacial score (nSPS) is 17.1. The Hall–Kier alpha value is -1.89. The van der Waals surface area contributed by atoms with Crippen LogP contribution in [0.2, 0.25) is 0 Å². The topological polar surface area (TPSA) is 67.2 Å². The first-order valence-electron chi connectivity index (χ1n) is 10.3. The van der Waals surface area contributed by atoms with Crippen molar-refractivity contribution in [3.05, 3.63) is 20.8 Å². The van der Waals surface area contributed by atoms with Gasteiger partial charge >= 0.3 is 0 Å². The first kappa shape index (κ1) is 18.5. The molecule has 1 saturated heterocycles. The summed E-state index contributed by atoms with van der Waals surface area (Å²) in [5.74, 6) is 0.635. The lowest BCUT2D eigenvalue weighted by Gasteiger charge is -2.27. The van der Waals surface area contributed by atoms with Gasteiger partial charge < -0.3 is 10.2 Å². The summed E-state index contributed by atoms with van der Waals surface area (Å²) in [5, 5.41) is 3.99. The molecule has 1 N–H and O–H groups in total. The highest BCUT2D eigenvalue weighted by atomic mass is 32.1. The highest BCUT2D eigenvalue weighted by Gasteiger charge is 2.22. The van der Waals surface area contributed by atoms with Crippen LogP contribution < -0.4 is 10.9 Å². The number of nitrogens with zero attached hydrogens (tertiary/aromatic N) is 3. The van der Waals surface area contributed by atoms with Gasteiger partial charge in [0.15, 0.2) is 0 Å². The Morgan fingerprint density at radius 3 is 2.70 bits per heavy atom. The van der Waals surface area contributed by atoms with Crippen molar-refractivity contribution < 1.29 is 4.79 Å². The van der Waals surface area contributed by atoms with Gasteiger partial charge in [0.05, 0.1) is 11.9 Å². The van der Waals surface area contributed by atoms with Crippen LogP contribution in [0.25, 0.3) is 10.2 Å². The lowest BCUT2D eigenvalue weighted by atomic mass is 9.97. The molecule has 1 aliphatic carbocycles. The predicted octanol–water partition coefficient (Wildman–Crippen LogP) is 3.17. The van der Waals surface area contributed by atoms with Crippen molar-refractivity contribution in [1.29, 1.82) is 0 Å². The van der Waals surface area contributed by atoms with E-state index in [2.05, 4.69) is 12.2 Å². The molecule has 0 atom stereocenters. The zero-order valence-electron chi connectivity index (χ0n) is 16.1. The molecule has 2 aromatic rings. The van der Waals surface area contributed by atoms with E-state index in [-0.39, 0.29) is 18.0 Å². The number of thiophene rings is 1. The summed E-state index contributed by atoms with van der Waals surface area (Å²) < 4.78 is 1.73. The Kier molecular flexibility index (Phi) is 5.48. The van der Waals surface area contributed by atoms with Gasteiger partial charge in [0.25, 0.3) is 5.56 Å². The Bertz CT molecular complexity index is 895. The Labute approximate surface area is 163 Å². The van der Waals surface area contributed by atoms with Gasteiger partial charge in [-0.1, -0.05) is 6.92 Å². The predicted molar refractivity (Wildman–Crippen MR) is 110 cm³/mol. The summed E-state index contributed by atoms with van der Waals surface area (Å²) in [6, 6.07) is 0. The fraction of sp³-hybridized carbons (Fsp3) is 0.650. The summed E-state index contributed by atoms with van der Waals surface area (Å²) in [7, 11) is 0. The maximum Gasteiger partial charge on any atom is 0.263 e. The van der Waals surface area contributed by atoms with E-state index >= 15 is 0 Å². The molecule has 3 heterocycles. The number of aromatic nitrogens is 2. The molecule has 2 aliphatic rings. The van der Waals surface area contributed by atoms with E-state index in [0.717, 1.165) is 61.8 Å². The summed E-state index contributed by atoms with van der Waals surface area (Å²) >= 11 is 1.66. The van der Waals surface area contributed by atoms with Crippen LogP contribution in [0.1, 0.15) is 55.9 Å². The minimum absolute atomic E-state index is 0.0502. The number of amides is 1. The molecule has 1 aliphatic heterocycles. The van der Waals surface area contributed by atoms with Gasteiger partial charge in [-0.05, 0) is 56.9 Å². The summed E-state index contributed by atoms with van der Waals surface area (Å²) in [6.45, 7) is 4.56. The Morgan fingerprint density at radius 2 is 1.93 bits per heavy atom. The van der Waals surface area contributed by atoms with Crippen molar-refractivity contribution >= 4 is 33.4 Å². The first-order chi connectivity index (χ1) is 13.2. The average Bonchev–Trinajstić information content (AvgIpc) is 3.07. The molecule has 0 unspecified atom stereocenters. The maximum absolute atomic E-state index is 13.2. The number of carbonyl (C=O) groups is 1. The van der Waals surface area contributed by atoms with Crippen molar-refractivity contribution in [2.24, 2.45) is 0 Å². The van der Waals surface area contributed by atoms with Gasteiger partial charge in [0.2, 0.25) is 11.9 Å². The number of rotatable bonds is 5. The van der Waals surface area contributed by atoms with Gasteiger partial charge in [-0.3, -0.25) is 14.2 Å². The third-order valence-electron chi connectivity index (χ3n) is 5.63. The van der Waals surface area contributed by atoms with E-state index in [9.17, 15) is 9.59 Å². The van der Waals surface area contributed by atoms with Crippen molar-refractivity contribution in [2.75, 3.05) is 25.0 Å². The molecule has 0 aromatic carbocycles. The highest BCUT2D eigenvalue weighted by Crippen LogP contribution is 2.34. The second-order valence-corrected chi connectivity index (χ2v) is 8.66. The molecule has 7 heteroatoms.